The van der Waals surface area contributed by atoms with Crippen molar-refractivity contribution in [2.75, 3.05) is 6.54 Å². The SMILES string of the molecule is CCC(C(=O)NCC(N)c1ccccc1)n1nnc(-c2ccc(Cl)cc2)n1.Cl. The van der Waals surface area contributed by atoms with Crippen LogP contribution in [0.2, 0.25) is 5.02 Å². The molecule has 2 unspecified atom stereocenters. The van der Waals surface area contributed by atoms with Crippen molar-refractivity contribution in [2.24, 2.45) is 5.73 Å². The molecule has 2 atom stereocenters. The van der Waals surface area contributed by atoms with E-state index in [2.05, 4.69) is 20.7 Å². The molecule has 3 rings (SSSR count). The highest BCUT2D eigenvalue weighted by atomic mass is 35.5. The lowest BCUT2D eigenvalue weighted by Crippen LogP contribution is -2.37. The Morgan fingerprint density at radius 2 is 1.86 bits per heavy atom. The maximum atomic E-state index is 12.6. The molecule has 0 fully saturated rings. The molecule has 28 heavy (non-hydrogen) atoms. The Balaban J connectivity index is 0.00000280. The third-order valence-electron chi connectivity index (χ3n) is 4.22. The molecule has 9 heteroatoms. The molecule has 0 aliphatic heterocycles. The lowest BCUT2D eigenvalue weighted by molar-refractivity contribution is -0.125. The van der Waals surface area contributed by atoms with Gasteiger partial charge in [-0.1, -0.05) is 48.9 Å². The van der Waals surface area contributed by atoms with E-state index in [1.807, 2.05) is 49.4 Å². The van der Waals surface area contributed by atoms with Gasteiger partial charge in [-0.05, 0) is 41.5 Å². The predicted octanol–water partition coefficient (Wildman–Crippen LogP) is 3.18. The van der Waals surface area contributed by atoms with E-state index in [4.69, 9.17) is 17.3 Å². The van der Waals surface area contributed by atoms with Crippen LogP contribution in [0.1, 0.15) is 31.0 Å². The Morgan fingerprint density at radius 1 is 1.18 bits per heavy atom. The Labute approximate surface area is 174 Å². The molecule has 1 aromatic heterocycles. The van der Waals surface area contributed by atoms with Crippen molar-refractivity contribution in [1.82, 2.24) is 25.5 Å². The van der Waals surface area contributed by atoms with Gasteiger partial charge in [-0.15, -0.1) is 22.6 Å². The summed E-state index contributed by atoms with van der Waals surface area (Å²) in [6.45, 7) is 2.23. The Morgan fingerprint density at radius 3 is 2.50 bits per heavy atom. The molecular weight excluding hydrogens is 399 g/mol. The first kappa shape index (κ1) is 21.8. The van der Waals surface area contributed by atoms with Gasteiger partial charge in [0.1, 0.15) is 0 Å². The molecule has 0 radical (unpaired) electrons. The summed E-state index contributed by atoms with van der Waals surface area (Å²) in [5.74, 6) is 0.253. The lowest BCUT2D eigenvalue weighted by Gasteiger charge is -2.17. The molecule has 2 aromatic carbocycles. The van der Waals surface area contributed by atoms with Crippen LogP contribution in [-0.2, 0) is 4.79 Å². The summed E-state index contributed by atoms with van der Waals surface area (Å²) in [5, 5.41) is 15.9. The maximum Gasteiger partial charge on any atom is 0.246 e. The van der Waals surface area contributed by atoms with Crippen LogP contribution in [0.4, 0.5) is 0 Å². The average Bonchev–Trinajstić information content (AvgIpc) is 3.17. The minimum Gasteiger partial charge on any atom is -0.352 e. The zero-order valence-electron chi connectivity index (χ0n) is 15.3. The molecule has 0 spiro atoms. The number of amides is 1. The molecule has 0 bridgehead atoms. The van der Waals surface area contributed by atoms with Crippen molar-refractivity contribution >= 4 is 29.9 Å². The first-order valence-electron chi connectivity index (χ1n) is 8.72. The highest BCUT2D eigenvalue weighted by Gasteiger charge is 2.22. The van der Waals surface area contributed by atoms with Gasteiger partial charge in [-0.2, -0.15) is 4.80 Å². The number of hydrogen-bond acceptors (Lipinski definition) is 5. The monoisotopic (exact) mass is 420 g/mol. The topological polar surface area (TPSA) is 98.7 Å². The quantitative estimate of drug-likeness (QED) is 0.611. The highest BCUT2D eigenvalue weighted by Crippen LogP contribution is 2.18. The Bertz CT molecular complexity index is 885. The Hall–Kier alpha value is -2.48. The van der Waals surface area contributed by atoms with Gasteiger partial charge in [-0.3, -0.25) is 4.79 Å². The van der Waals surface area contributed by atoms with Crippen molar-refractivity contribution in [3.63, 3.8) is 0 Å². The number of benzene rings is 2. The summed E-state index contributed by atoms with van der Waals surface area (Å²) in [4.78, 5) is 13.9. The zero-order valence-corrected chi connectivity index (χ0v) is 16.9. The lowest BCUT2D eigenvalue weighted by atomic mass is 10.1. The van der Waals surface area contributed by atoms with E-state index in [0.717, 1.165) is 11.1 Å². The smallest absolute Gasteiger partial charge is 0.246 e. The molecule has 3 aromatic rings. The van der Waals surface area contributed by atoms with E-state index in [1.54, 1.807) is 12.1 Å². The fraction of sp³-hybridized carbons (Fsp3) is 0.263. The van der Waals surface area contributed by atoms with Crippen LogP contribution in [0.3, 0.4) is 0 Å². The number of hydrogen-bond donors (Lipinski definition) is 2. The van der Waals surface area contributed by atoms with Crippen LogP contribution >= 0.6 is 24.0 Å². The van der Waals surface area contributed by atoms with E-state index < -0.39 is 6.04 Å². The number of tetrazole rings is 1. The van der Waals surface area contributed by atoms with E-state index in [0.29, 0.717) is 23.8 Å². The third-order valence-corrected chi connectivity index (χ3v) is 4.47. The molecule has 3 N–H and O–H groups in total. The van der Waals surface area contributed by atoms with Crippen LogP contribution < -0.4 is 11.1 Å². The van der Waals surface area contributed by atoms with Crippen LogP contribution in [0, 0.1) is 0 Å². The highest BCUT2D eigenvalue weighted by molar-refractivity contribution is 6.30. The van der Waals surface area contributed by atoms with Crippen LogP contribution in [0.15, 0.2) is 54.6 Å². The second kappa shape index (κ2) is 10.2. The van der Waals surface area contributed by atoms with Gasteiger partial charge in [0.25, 0.3) is 0 Å². The molecule has 0 saturated heterocycles. The molecule has 7 nitrogen and oxygen atoms in total. The summed E-state index contributed by atoms with van der Waals surface area (Å²) < 4.78 is 0. The van der Waals surface area contributed by atoms with Gasteiger partial charge in [-0.25, -0.2) is 0 Å². The van der Waals surface area contributed by atoms with Gasteiger partial charge < -0.3 is 11.1 Å². The normalized spacial score (nSPS) is 12.7. The number of halogens is 2. The summed E-state index contributed by atoms with van der Waals surface area (Å²) in [6.07, 6.45) is 0.531. The summed E-state index contributed by atoms with van der Waals surface area (Å²) in [5.41, 5.74) is 7.89. The summed E-state index contributed by atoms with van der Waals surface area (Å²) in [7, 11) is 0. The second-order valence-electron chi connectivity index (χ2n) is 6.13. The van der Waals surface area contributed by atoms with Gasteiger partial charge in [0.15, 0.2) is 6.04 Å². The van der Waals surface area contributed by atoms with Crippen LogP contribution in [0.25, 0.3) is 11.4 Å². The average molecular weight is 421 g/mol. The van der Waals surface area contributed by atoms with Crippen LogP contribution in [-0.4, -0.2) is 32.7 Å². The molecule has 0 aliphatic rings. The largest absolute Gasteiger partial charge is 0.352 e. The Kier molecular flexibility index (Phi) is 7.92. The zero-order chi connectivity index (χ0) is 19.2. The van der Waals surface area contributed by atoms with E-state index in [-0.39, 0.29) is 24.4 Å². The standard InChI is InChI=1S/C19H21ClN6O.ClH/c1-2-17(19(27)22-12-16(21)13-6-4-3-5-7-13)26-24-18(23-25-26)14-8-10-15(20)11-9-14;/h3-11,16-17H,2,12,21H2,1H3,(H,22,27);1H. The van der Waals surface area contributed by atoms with Crippen molar-refractivity contribution in [1.29, 1.82) is 0 Å². The summed E-state index contributed by atoms with van der Waals surface area (Å²) in [6, 6.07) is 15.9. The van der Waals surface area contributed by atoms with E-state index >= 15 is 0 Å². The van der Waals surface area contributed by atoms with Crippen molar-refractivity contribution in [3.05, 3.63) is 65.2 Å². The van der Waals surface area contributed by atoms with Crippen LogP contribution in [0.5, 0.6) is 0 Å². The number of nitrogens with zero attached hydrogens (tertiary/aromatic N) is 4. The second-order valence-corrected chi connectivity index (χ2v) is 6.56. The molecular formula is C19H22Cl2N6O. The molecule has 0 saturated carbocycles. The van der Waals surface area contributed by atoms with Gasteiger partial charge in [0.2, 0.25) is 11.7 Å². The molecule has 1 heterocycles. The van der Waals surface area contributed by atoms with Gasteiger partial charge >= 0.3 is 0 Å². The maximum absolute atomic E-state index is 12.6. The van der Waals surface area contributed by atoms with Gasteiger partial charge in [0.05, 0.1) is 0 Å². The minimum atomic E-state index is -0.554. The van der Waals surface area contributed by atoms with Gasteiger partial charge in [0, 0.05) is 23.2 Å². The third kappa shape index (κ3) is 5.28. The van der Waals surface area contributed by atoms with Crippen molar-refractivity contribution < 1.29 is 4.79 Å². The number of carbonyl (C=O) groups excluding carboxylic acids is 1. The number of carbonyl (C=O) groups is 1. The number of rotatable bonds is 7. The molecule has 148 valence electrons. The fourth-order valence-corrected chi connectivity index (χ4v) is 2.80. The summed E-state index contributed by atoms with van der Waals surface area (Å²) >= 11 is 5.90. The molecule has 1 amide bonds. The van der Waals surface area contributed by atoms with Crippen molar-refractivity contribution in [2.45, 2.75) is 25.4 Å². The first-order valence-corrected chi connectivity index (χ1v) is 9.10. The first-order chi connectivity index (χ1) is 13.1. The van der Waals surface area contributed by atoms with E-state index in [1.165, 1.54) is 4.80 Å². The molecule has 0 aliphatic carbocycles. The minimum absolute atomic E-state index is 0. The number of nitrogens with one attached hydrogen (secondary N) is 1. The number of nitrogens with two attached hydrogens (primary N) is 1. The fourth-order valence-electron chi connectivity index (χ4n) is 2.67. The van der Waals surface area contributed by atoms with Crippen molar-refractivity contribution in [3.8, 4) is 11.4 Å². The predicted molar refractivity (Wildman–Crippen MR) is 111 cm³/mol. The number of aromatic nitrogens is 4. The van der Waals surface area contributed by atoms with E-state index in [9.17, 15) is 4.79 Å².